The minimum Gasteiger partial charge on any atom is -0.344 e. The van der Waals surface area contributed by atoms with Crippen molar-refractivity contribution in [2.45, 2.75) is 131 Å². The fraction of sp³-hybridized carbons (Fsp3) is 0.818. The Labute approximate surface area is 255 Å². The highest BCUT2D eigenvalue weighted by atomic mass is 16.2. The SMILES string of the molecule is CCCN(C)C(=O)[C@@H]1CCCN1C(=O)C(C)=CC(C(C)C)N(C)C(=O)[C@@H](NC(=O)[C@H]1CCCCN1C(C)C)C(C)(C)C. The summed E-state index contributed by atoms with van der Waals surface area (Å²) in [6, 6.07) is -1.51. The molecule has 2 aliphatic heterocycles. The van der Waals surface area contributed by atoms with Crippen LogP contribution in [0.5, 0.6) is 0 Å². The van der Waals surface area contributed by atoms with Gasteiger partial charge < -0.3 is 20.0 Å². The van der Waals surface area contributed by atoms with Gasteiger partial charge in [0.05, 0.1) is 12.1 Å². The Morgan fingerprint density at radius 2 is 1.57 bits per heavy atom. The van der Waals surface area contributed by atoms with Crippen LogP contribution in [0.1, 0.15) is 101 Å². The van der Waals surface area contributed by atoms with Crippen LogP contribution in [0.25, 0.3) is 0 Å². The van der Waals surface area contributed by atoms with E-state index in [1.54, 1.807) is 35.7 Å². The first kappa shape index (κ1) is 35.8. The summed E-state index contributed by atoms with van der Waals surface area (Å²) in [6.07, 6.45) is 7.06. The Balaban J connectivity index is 2.27. The first-order valence-corrected chi connectivity index (χ1v) is 16.1. The van der Waals surface area contributed by atoms with Gasteiger partial charge in [-0.1, -0.05) is 54.0 Å². The van der Waals surface area contributed by atoms with Crippen molar-refractivity contribution in [3.8, 4) is 0 Å². The summed E-state index contributed by atoms with van der Waals surface area (Å²) in [5, 5.41) is 3.14. The Morgan fingerprint density at radius 1 is 0.952 bits per heavy atom. The van der Waals surface area contributed by atoms with E-state index in [1.165, 1.54) is 0 Å². The zero-order valence-corrected chi connectivity index (χ0v) is 28.3. The summed E-state index contributed by atoms with van der Waals surface area (Å²) in [6.45, 7) is 20.1. The van der Waals surface area contributed by atoms with Gasteiger partial charge in [0.1, 0.15) is 12.1 Å². The monoisotopic (exact) mass is 589 g/mol. The van der Waals surface area contributed by atoms with Crippen molar-refractivity contribution >= 4 is 23.6 Å². The van der Waals surface area contributed by atoms with Crippen molar-refractivity contribution in [2.75, 3.05) is 33.7 Å². The average Bonchev–Trinajstić information content (AvgIpc) is 3.41. The average molecular weight is 590 g/mol. The van der Waals surface area contributed by atoms with E-state index in [0.717, 1.165) is 38.6 Å². The van der Waals surface area contributed by atoms with Crippen molar-refractivity contribution in [2.24, 2.45) is 11.3 Å². The summed E-state index contributed by atoms with van der Waals surface area (Å²) in [7, 11) is 3.55. The third-order valence-corrected chi connectivity index (χ3v) is 8.88. The number of likely N-dealkylation sites (tertiary alicyclic amines) is 2. The van der Waals surface area contributed by atoms with Crippen molar-refractivity contribution in [1.82, 2.24) is 24.9 Å². The summed E-state index contributed by atoms with van der Waals surface area (Å²) in [5.74, 6) is -0.409. The van der Waals surface area contributed by atoms with Crippen LogP contribution in [0, 0.1) is 11.3 Å². The second-order valence-corrected chi connectivity index (χ2v) is 14.1. The Hall–Kier alpha value is -2.42. The Kier molecular flexibility index (Phi) is 13.1. The van der Waals surface area contributed by atoms with E-state index in [-0.39, 0.29) is 47.7 Å². The van der Waals surface area contributed by atoms with Crippen LogP contribution in [-0.4, -0.2) is 107 Å². The highest BCUT2D eigenvalue weighted by Gasteiger charge is 2.40. The highest BCUT2D eigenvalue weighted by molar-refractivity contribution is 5.97. The first-order valence-electron chi connectivity index (χ1n) is 16.1. The highest BCUT2D eigenvalue weighted by Crippen LogP contribution is 2.27. The molecule has 2 saturated heterocycles. The maximum Gasteiger partial charge on any atom is 0.249 e. The van der Waals surface area contributed by atoms with Crippen LogP contribution in [0.4, 0.5) is 0 Å². The second kappa shape index (κ2) is 15.3. The Morgan fingerprint density at radius 3 is 2.12 bits per heavy atom. The number of carbonyl (C=O) groups excluding carboxylic acids is 4. The molecule has 2 aliphatic rings. The lowest BCUT2D eigenvalue weighted by molar-refractivity contribution is -0.142. The fourth-order valence-electron chi connectivity index (χ4n) is 6.36. The number of hydrogen-bond donors (Lipinski definition) is 1. The molecule has 0 aromatic carbocycles. The van der Waals surface area contributed by atoms with Gasteiger partial charge >= 0.3 is 0 Å². The van der Waals surface area contributed by atoms with Gasteiger partial charge in [-0.25, -0.2) is 0 Å². The molecule has 1 N–H and O–H groups in total. The number of rotatable bonds is 11. The van der Waals surface area contributed by atoms with Crippen LogP contribution in [0.2, 0.25) is 0 Å². The molecule has 0 bridgehead atoms. The van der Waals surface area contributed by atoms with Gasteiger partial charge in [0.15, 0.2) is 0 Å². The zero-order valence-electron chi connectivity index (χ0n) is 28.3. The number of nitrogens with one attached hydrogen (secondary N) is 1. The molecule has 4 atom stereocenters. The fourth-order valence-corrected chi connectivity index (χ4v) is 6.36. The summed E-state index contributed by atoms with van der Waals surface area (Å²) < 4.78 is 0. The van der Waals surface area contributed by atoms with Gasteiger partial charge in [-0.2, -0.15) is 0 Å². The molecule has 9 heteroatoms. The van der Waals surface area contributed by atoms with Crippen LogP contribution in [-0.2, 0) is 19.2 Å². The van der Waals surface area contributed by atoms with Gasteiger partial charge in [0.25, 0.3) is 0 Å². The molecular weight excluding hydrogens is 530 g/mol. The maximum absolute atomic E-state index is 14.1. The molecule has 1 unspecified atom stereocenters. The van der Waals surface area contributed by atoms with Gasteiger partial charge in [0, 0.05) is 38.8 Å². The number of likely N-dealkylation sites (N-methyl/N-ethyl adjacent to an activating group) is 2. The molecular formula is C33H59N5O4. The van der Waals surface area contributed by atoms with Gasteiger partial charge in [0.2, 0.25) is 23.6 Å². The summed E-state index contributed by atoms with van der Waals surface area (Å²) in [5.41, 5.74) is 0.0135. The molecule has 0 aromatic rings. The van der Waals surface area contributed by atoms with Crippen LogP contribution in [0.3, 0.4) is 0 Å². The quantitative estimate of drug-likeness (QED) is 0.367. The molecule has 9 nitrogen and oxygen atoms in total. The number of nitrogens with zero attached hydrogens (tertiary/aromatic N) is 4. The van der Waals surface area contributed by atoms with E-state index in [9.17, 15) is 19.2 Å². The Bertz CT molecular complexity index is 985. The smallest absolute Gasteiger partial charge is 0.249 e. The number of carbonyl (C=O) groups is 4. The maximum atomic E-state index is 14.1. The number of piperidine rings is 1. The molecule has 0 aliphatic carbocycles. The number of hydrogen-bond acceptors (Lipinski definition) is 5. The lowest BCUT2D eigenvalue weighted by Crippen LogP contribution is -2.60. The van der Waals surface area contributed by atoms with E-state index in [4.69, 9.17) is 0 Å². The van der Waals surface area contributed by atoms with Gasteiger partial charge in [-0.15, -0.1) is 0 Å². The molecule has 0 saturated carbocycles. The van der Waals surface area contributed by atoms with Crippen molar-refractivity contribution in [3.63, 3.8) is 0 Å². The van der Waals surface area contributed by atoms with Gasteiger partial charge in [-0.05, 0) is 70.8 Å². The minimum atomic E-state index is -0.716. The van der Waals surface area contributed by atoms with Crippen LogP contribution < -0.4 is 5.32 Å². The minimum absolute atomic E-state index is 0.0130. The van der Waals surface area contributed by atoms with Crippen LogP contribution in [0.15, 0.2) is 11.6 Å². The molecule has 0 radical (unpaired) electrons. The molecule has 0 spiro atoms. The predicted octanol–water partition coefficient (Wildman–Crippen LogP) is 4.07. The standard InChI is InChI=1S/C33H59N5O4/c1-12-18-35(10)31(41)26-17-15-20-38(26)30(40)24(6)21-27(22(2)3)36(11)32(42)28(33(7,8)9)34-29(39)25-16-13-14-19-37(25)23(4)5/h21-23,25-28H,12-20H2,1-11H3,(H,34,39)/t25-,26+,27?,28-/m1/s1. The molecule has 2 heterocycles. The zero-order chi connectivity index (χ0) is 31.9. The molecule has 240 valence electrons. The second-order valence-electron chi connectivity index (χ2n) is 14.1. The number of amides is 4. The third kappa shape index (κ3) is 8.80. The molecule has 42 heavy (non-hydrogen) atoms. The topological polar surface area (TPSA) is 93.3 Å². The molecule has 2 fully saturated rings. The van der Waals surface area contributed by atoms with Crippen LogP contribution >= 0.6 is 0 Å². The van der Waals surface area contributed by atoms with E-state index < -0.39 is 17.5 Å². The molecule has 4 amide bonds. The third-order valence-electron chi connectivity index (χ3n) is 8.88. The van der Waals surface area contributed by atoms with E-state index in [1.807, 2.05) is 47.6 Å². The van der Waals surface area contributed by atoms with E-state index in [0.29, 0.717) is 25.1 Å². The van der Waals surface area contributed by atoms with E-state index in [2.05, 4.69) is 24.1 Å². The largest absolute Gasteiger partial charge is 0.344 e. The molecule has 0 aromatic heterocycles. The van der Waals surface area contributed by atoms with Crippen molar-refractivity contribution < 1.29 is 19.2 Å². The lowest BCUT2D eigenvalue weighted by atomic mass is 9.84. The van der Waals surface area contributed by atoms with E-state index >= 15 is 0 Å². The summed E-state index contributed by atoms with van der Waals surface area (Å²) >= 11 is 0. The van der Waals surface area contributed by atoms with Crippen molar-refractivity contribution in [1.29, 1.82) is 0 Å². The lowest BCUT2D eigenvalue weighted by Gasteiger charge is -2.41. The predicted molar refractivity (Wildman–Crippen MR) is 169 cm³/mol. The summed E-state index contributed by atoms with van der Waals surface area (Å²) in [4.78, 5) is 61.6. The van der Waals surface area contributed by atoms with Crippen molar-refractivity contribution in [3.05, 3.63) is 11.6 Å². The van der Waals surface area contributed by atoms with Gasteiger partial charge in [-0.3, -0.25) is 24.1 Å². The molecule has 2 rings (SSSR count). The first-order chi connectivity index (χ1) is 19.5. The normalized spacial score (nSPS) is 21.8.